The SMILES string of the molecule is CCCCC(=O)N/N=C\c1c(O)ccc2ccccc12. The number of rotatable bonds is 5. The van der Waals surface area contributed by atoms with Gasteiger partial charge in [0.15, 0.2) is 0 Å². The van der Waals surface area contributed by atoms with Gasteiger partial charge in [0.25, 0.3) is 0 Å². The van der Waals surface area contributed by atoms with Crippen molar-refractivity contribution in [3.8, 4) is 5.75 Å². The number of phenols is 1. The van der Waals surface area contributed by atoms with Crippen molar-refractivity contribution >= 4 is 22.9 Å². The van der Waals surface area contributed by atoms with Gasteiger partial charge in [0.2, 0.25) is 5.91 Å². The fourth-order valence-corrected chi connectivity index (χ4v) is 1.98. The lowest BCUT2D eigenvalue weighted by Gasteiger charge is -2.04. The van der Waals surface area contributed by atoms with E-state index in [2.05, 4.69) is 10.5 Å². The van der Waals surface area contributed by atoms with Gasteiger partial charge in [-0.05, 0) is 23.3 Å². The molecule has 4 nitrogen and oxygen atoms in total. The van der Waals surface area contributed by atoms with Crippen molar-refractivity contribution in [2.75, 3.05) is 0 Å². The van der Waals surface area contributed by atoms with Crippen LogP contribution in [0.2, 0.25) is 0 Å². The van der Waals surface area contributed by atoms with Crippen LogP contribution in [0.25, 0.3) is 10.8 Å². The van der Waals surface area contributed by atoms with Gasteiger partial charge < -0.3 is 5.11 Å². The van der Waals surface area contributed by atoms with Gasteiger partial charge in [0, 0.05) is 12.0 Å². The molecule has 0 heterocycles. The van der Waals surface area contributed by atoms with Crippen molar-refractivity contribution in [2.45, 2.75) is 26.2 Å². The van der Waals surface area contributed by atoms with Crippen LogP contribution in [0.4, 0.5) is 0 Å². The molecule has 0 radical (unpaired) electrons. The molecule has 0 bridgehead atoms. The van der Waals surface area contributed by atoms with Gasteiger partial charge in [0.1, 0.15) is 5.75 Å². The molecule has 4 heteroatoms. The van der Waals surface area contributed by atoms with Crippen molar-refractivity contribution in [3.05, 3.63) is 42.0 Å². The molecule has 0 aliphatic rings. The van der Waals surface area contributed by atoms with Crippen LogP contribution in [-0.4, -0.2) is 17.2 Å². The molecule has 0 saturated heterocycles. The Balaban J connectivity index is 2.16. The van der Waals surface area contributed by atoms with Crippen LogP contribution in [-0.2, 0) is 4.79 Å². The standard InChI is InChI=1S/C16H18N2O2/c1-2-3-8-16(20)18-17-11-14-13-7-5-4-6-12(13)9-10-15(14)19/h4-7,9-11,19H,2-3,8H2,1H3,(H,18,20)/b17-11-. The third-order valence-corrected chi connectivity index (χ3v) is 3.09. The lowest BCUT2D eigenvalue weighted by Crippen LogP contribution is -2.16. The van der Waals surface area contributed by atoms with Crippen LogP contribution in [0, 0.1) is 0 Å². The first-order chi connectivity index (χ1) is 9.72. The predicted molar refractivity (Wildman–Crippen MR) is 80.9 cm³/mol. The van der Waals surface area contributed by atoms with Gasteiger partial charge in [-0.1, -0.05) is 43.7 Å². The normalized spacial score (nSPS) is 11.1. The van der Waals surface area contributed by atoms with E-state index in [0.29, 0.717) is 12.0 Å². The molecule has 20 heavy (non-hydrogen) atoms. The van der Waals surface area contributed by atoms with E-state index in [1.165, 1.54) is 6.21 Å². The summed E-state index contributed by atoms with van der Waals surface area (Å²) >= 11 is 0. The molecule has 2 aromatic carbocycles. The average Bonchev–Trinajstić information content (AvgIpc) is 2.47. The summed E-state index contributed by atoms with van der Waals surface area (Å²) in [7, 11) is 0. The molecule has 2 rings (SSSR count). The van der Waals surface area contributed by atoms with E-state index in [1.54, 1.807) is 6.07 Å². The number of hydrogen-bond donors (Lipinski definition) is 2. The fourth-order valence-electron chi connectivity index (χ4n) is 1.98. The second-order valence-electron chi connectivity index (χ2n) is 4.62. The summed E-state index contributed by atoms with van der Waals surface area (Å²) in [4.78, 5) is 11.5. The van der Waals surface area contributed by atoms with Crippen LogP contribution in [0.1, 0.15) is 31.7 Å². The highest BCUT2D eigenvalue weighted by atomic mass is 16.3. The Morgan fingerprint density at radius 1 is 1.30 bits per heavy atom. The molecule has 0 aliphatic heterocycles. The van der Waals surface area contributed by atoms with Gasteiger partial charge in [0.05, 0.1) is 6.21 Å². The first-order valence-corrected chi connectivity index (χ1v) is 6.75. The molecular weight excluding hydrogens is 252 g/mol. The summed E-state index contributed by atoms with van der Waals surface area (Å²) < 4.78 is 0. The number of benzene rings is 2. The molecule has 1 amide bonds. The van der Waals surface area contributed by atoms with E-state index >= 15 is 0 Å². The lowest BCUT2D eigenvalue weighted by molar-refractivity contribution is -0.121. The molecule has 0 spiro atoms. The van der Waals surface area contributed by atoms with E-state index in [1.807, 2.05) is 37.3 Å². The first-order valence-electron chi connectivity index (χ1n) is 6.75. The zero-order chi connectivity index (χ0) is 14.4. The van der Waals surface area contributed by atoms with Crippen molar-refractivity contribution in [2.24, 2.45) is 5.10 Å². The highest BCUT2D eigenvalue weighted by Crippen LogP contribution is 2.25. The third-order valence-electron chi connectivity index (χ3n) is 3.09. The van der Waals surface area contributed by atoms with E-state index in [-0.39, 0.29) is 11.7 Å². The number of carbonyl (C=O) groups is 1. The van der Waals surface area contributed by atoms with Crippen LogP contribution >= 0.6 is 0 Å². The minimum atomic E-state index is -0.108. The Morgan fingerprint density at radius 3 is 2.90 bits per heavy atom. The highest BCUT2D eigenvalue weighted by molar-refractivity contribution is 6.02. The molecule has 0 unspecified atom stereocenters. The van der Waals surface area contributed by atoms with Crippen LogP contribution in [0.3, 0.4) is 0 Å². The Kier molecular flexibility index (Phi) is 4.71. The van der Waals surface area contributed by atoms with Gasteiger partial charge in [-0.3, -0.25) is 4.79 Å². The second-order valence-corrected chi connectivity index (χ2v) is 4.62. The summed E-state index contributed by atoms with van der Waals surface area (Å²) in [5.74, 6) is 0.0399. The van der Waals surface area contributed by atoms with Crippen LogP contribution in [0.15, 0.2) is 41.5 Å². The minimum absolute atomic E-state index is 0.108. The van der Waals surface area contributed by atoms with Gasteiger partial charge in [-0.15, -0.1) is 0 Å². The molecule has 0 aromatic heterocycles. The summed E-state index contributed by atoms with van der Waals surface area (Å²) in [5.41, 5.74) is 3.09. The summed E-state index contributed by atoms with van der Waals surface area (Å²) in [6.07, 6.45) is 3.78. The summed E-state index contributed by atoms with van der Waals surface area (Å²) in [6, 6.07) is 11.2. The van der Waals surface area contributed by atoms with Gasteiger partial charge in [-0.25, -0.2) is 5.43 Å². The zero-order valence-corrected chi connectivity index (χ0v) is 11.5. The maximum Gasteiger partial charge on any atom is 0.240 e. The summed E-state index contributed by atoms with van der Waals surface area (Å²) in [6.45, 7) is 2.03. The van der Waals surface area contributed by atoms with Gasteiger partial charge >= 0.3 is 0 Å². The zero-order valence-electron chi connectivity index (χ0n) is 11.5. The van der Waals surface area contributed by atoms with Crippen LogP contribution < -0.4 is 5.43 Å². The third kappa shape index (κ3) is 3.35. The first kappa shape index (κ1) is 14.1. The van der Waals surface area contributed by atoms with Crippen molar-refractivity contribution in [3.63, 3.8) is 0 Å². The molecule has 0 atom stereocenters. The molecular formula is C16H18N2O2. The maximum absolute atomic E-state index is 11.5. The number of hydrogen-bond acceptors (Lipinski definition) is 3. The number of nitrogens with one attached hydrogen (secondary N) is 1. The van der Waals surface area contributed by atoms with Crippen molar-refractivity contribution in [1.82, 2.24) is 5.43 Å². The molecule has 104 valence electrons. The van der Waals surface area contributed by atoms with E-state index in [4.69, 9.17) is 0 Å². The molecule has 0 aliphatic carbocycles. The fraction of sp³-hybridized carbons (Fsp3) is 0.250. The average molecular weight is 270 g/mol. The maximum atomic E-state index is 11.5. The van der Waals surface area contributed by atoms with Crippen LogP contribution in [0.5, 0.6) is 5.75 Å². The number of fused-ring (bicyclic) bond motifs is 1. The predicted octanol–water partition coefficient (Wildman–Crippen LogP) is 3.19. The van der Waals surface area contributed by atoms with E-state index in [0.717, 1.165) is 23.6 Å². The molecule has 0 saturated carbocycles. The van der Waals surface area contributed by atoms with Gasteiger partial charge in [-0.2, -0.15) is 5.10 Å². The second kappa shape index (κ2) is 6.70. The van der Waals surface area contributed by atoms with Crippen molar-refractivity contribution in [1.29, 1.82) is 0 Å². The number of phenolic OH excluding ortho intramolecular Hbond substituents is 1. The number of aromatic hydroxyl groups is 1. The Morgan fingerprint density at radius 2 is 2.10 bits per heavy atom. The smallest absolute Gasteiger partial charge is 0.240 e. The quantitative estimate of drug-likeness (QED) is 0.647. The monoisotopic (exact) mass is 270 g/mol. The number of amides is 1. The van der Waals surface area contributed by atoms with Crippen molar-refractivity contribution < 1.29 is 9.90 Å². The Labute approximate surface area is 118 Å². The minimum Gasteiger partial charge on any atom is -0.507 e. The molecule has 2 aromatic rings. The number of carbonyl (C=O) groups excluding carboxylic acids is 1. The topological polar surface area (TPSA) is 61.7 Å². The number of unbranched alkanes of at least 4 members (excludes halogenated alkanes) is 1. The Bertz CT molecular complexity index is 635. The summed E-state index contributed by atoms with van der Waals surface area (Å²) in [5, 5.41) is 15.8. The number of nitrogens with zero attached hydrogens (tertiary/aromatic N) is 1. The number of hydrazone groups is 1. The van der Waals surface area contributed by atoms with E-state index < -0.39 is 0 Å². The lowest BCUT2D eigenvalue weighted by atomic mass is 10.0. The molecule has 2 N–H and O–H groups in total. The van der Waals surface area contributed by atoms with E-state index in [9.17, 15) is 9.90 Å². The highest BCUT2D eigenvalue weighted by Gasteiger charge is 2.04. The Hall–Kier alpha value is -2.36. The largest absolute Gasteiger partial charge is 0.507 e. The molecule has 0 fully saturated rings.